The molecule has 130 valence electrons. The quantitative estimate of drug-likeness (QED) is 0.468. The second-order valence-corrected chi connectivity index (χ2v) is 7.50. The molecule has 1 aromatic rings. The van der Waals surface area contributed by atoms with Crippen LogP contribution >= 0.6 is 0 Å². The van der Waals surface area contributed by atoms with Crippen molar-refractivity contribution in [1.82, 2.24) is 11.5 Å². The third kappa shape index (κ3) is 6.52. The van der Waals surface area contributed by atoms with Crippen molar-refractivity contribution in [2.75, 3.05) is 6.54 Å². The van der Waals surface area contributed by atoms with E-state index in [2.05, 4.69) is 11.9 Å². The predicted molar refractivity (Wildman–Crippen MR) is 90.6 cm³/mol. The van der Waals surface area contributed by atoms with Gasteiger partial charge in [-0.1, -0.05) is 33.4 Å². The molecule has 0 radical (unpaired) electrons. The van der Waals surface area contributed by atoms with Crippen LogP contribution in [0, 0.1) is 0 Å². The van der Waals surface area contributed by atoms with Gasteiger partial charge in [0, 0.05) is 6.54 Å². The molecule has 0 saturated heterocycles. The number of carbonyl (C=O) groups is 1. The van der Waals surface area contributed by atoms with Crippen LogP contribution in [0.2, 0.25) is 0 Å². The summed E-state index contributed by atoms with van der Waals surface area (Å²) in [5, 5.41) is 2.67. The Hall–Kier alpha value is -1.70. The molecule has 0 aromatic heterocycles. The van der Waals surface area contributed by atoms with Crippen molar-refractivity contribution in [1.29, 1.82) is 0 Å². The molecule has 5 N–H and O–H groups in total. The third-order valence-electron chi connectivity index (χ3n) is 3.28. The van der Waals surface area contributed by atoms with Gasteiger partial charge >= 0.3 is 0 Å². The molecule has 0 atom stereocenters. The summed E-state index contributed by atoms with van der Waals surface area (Å²) < 4.78 is 33.5. The minimum atomic E-state index is -4.47. The molecule has 0 spiro atoms. The summed E-state index contributed by atoms with van der Waals surface area (Å²) in [6, 6.07) is 4.49. The van der Waals surface area contributed by atoms with Gasteiger partial charge in [0.2, 0.25) is 5.91 Å². The zero-order valence-electron chi connectivity index (χ0n) is 14.2. The lowest BCUT2D eigenvalue weighted by Gasteiger charge is -2.24. The van der Waals surface area contributed by atoms with Crippen LogP contribution < -0.4 is 11.5 Å². The number of aryl methyl sites for hydroxylation is 1. The highest BCUT2D eigenvalue weighted by atomic mass is 32.2. The topological polar surface area (TPSA) is 123 Å². The Balaban J connectivity index is 0.00000484. The second-order valence-electron chi connectivity index (χ2n) is 6.12. The standard InChI is InChI=1S/C16H23NO4S.H3N/c1-5-15(18)17-10-6-7-12-11-13(22(19,20)21)8-9-14(12)16(2,3)4;/h5,8-9,11H,1,6-7,10H2,2-4H3,(H,17,18)(H,19,20,21);1H3. The van der Waals surface area contributed by atoms with Gasteiger partial charge in [0.05, 0.1) is 4.90 Å². The fraction of sp³-hybridized carbons (Fsp3) is 0.438. The summed E-state index contributed by atoms with van der Waals surface area (Å²) >= 11 is 0. The average Bonchev–Trinajstić information content (AvgIpc) is 2.41. The largest absolute Gasteiger partial charge is 0.744 e. The SMILES string of the molecule is C=CC(=O)NCCCc1cc(S(=O)(=O)[O-])ccc1C(C)(C)C.[NH4+]. The van der Waals surface area contributed by atoms with E-state index in [4.69, 9.17) is 0 Å². The molecule has 0 unspecified atom stereocenters. The van der Waals surface area contributed by atoms with Gasteiger partial charge in [-0.15, -0.1) is 0 Å². The molecule has 0 saturated carbocycles. The summed E-state index contributed by atoms with van der Waals surface area (Å²) in [5.41, 5.74) is 1.65. The van der Waals surface area contributed by atoms with E-state index in [9.17, 15) is 17.8 Å². The first-order valence-electron chi connectivity index (χ1n) is 7.05. The first-order chi connectivity index (χ1) is 10.1. The lowest BCUT2D eigenvalue weighted by atomic mass is 9.82. The molecule has 0 aliphatic carbocycles. The van der Waals surface area contributed by atoms with E-state index in [1.54, 1.807) is 6.07 Å². The van der Waals surface area contributed by atoms with Gasteiger partial charge in [-0.3, -0.25) is 4.79 Å². The van der Waals surface area contributed by atoms with Crippen LogP contribution in [0.15, 0.2) is 35.7 Å². The number of hydrogen-bond donors (Lipinski definition) is 2. The Labute approximate surface area is 138 Å². The Kier molecular flexibility index (Phi) is 7.63. The van der Waals surface area contributed by atoms with Crippen molar-refractivity contribution in [3.05, 3.63) is 42.0 Å². The van der Waals surface area contributed by atoms with Crippen molar-refractivity contribution in [3.8, 4) is 0 Å². The average molecular weight is 342 g/mol. The minimum Gasteiger partial charge on any atom is -0.744 e. The lowest BCUT2D eigenvalue weighted by Crippen LogP contribution is -2.22. The van der Waals surface area contributed by atoms with Gasteiger partial charge in [0.1, 0.15) is 10.1 Å². The predicted octanol–water partition coefficient (Wildman–Crippen LogP) is 2.50. The van der Waals surface area contributed by atoms with Gasteiger partial charge in [-0.2, -0.15) is 0 Å². The van der Waals surface area contributed by atoms with E-state index >= 15 is 0 Å². The van der Waals surface area contributed by atoms with Crippen molar-refractivity contribution in [2.24, 2.45) is 0 Å². The molecule has 0 aliphatic rings. The summed E-state index contributed by atoms with van der Waals surface area (Å²) in [6.45, 7) is 9.90. The van der Waals surface area contributed by atoms with E-state index in [-0.39, 0.29) is 22.4 Å². The molecular weight excluding hydrogens is 316 g/mol. The van der Waals surface area contributed by atoms with Gasteiger partial charge in [-0.25, -0.2) is 8.42 Å². The Morgan fingerprint density at radius 3 is 2.43 bits per heavy atom. The maximum atomic E-state index is 11.2. The van der Waals surface area contributed by atoms with Gasteiger partial charge in [0.25, 0.3) is 0 Å². The van der Waals surface area contributed by atoms with Crippen LogP contribution in [0.4, 0.5) is 0 Å². The highest BCUT2D eigenvalue weighted by Crippen LogP contribution is 2.28. The fourth-order valence-corrected chi connectivity index (χ4v) is 2.75. The summed E-state index contributed by atoms with van der Waals surface area (Å²) in [4.78, 5) is 10.9. The van der Waals surface area contributed by atoms with Crippen LogP contribution in [0.3, 0.4) is 0 Å². The molecule has 1 aromatic carbocycles. The second kappa shape index (κ2) is 8.24. The maximum Gasteiger partial charge on any atom is 0.243 e. The number of amides is 1. The van der Waals surface area contributed by atoms with Gasteiger partial charge in [-0.05, 0) is 47.6 Å². The molecule has 0 bridgehead atoms. The number of nitrogens with one attached hydrogen (secondary N) is 1. The molecule has 0 heterocycles. The Bertz CT molecular complexity index is 661. The van der Waals surface area contributed by atoms with Crippen molar-refractivity contribution in [2.45, 2.75) is 43.9 Å². The van der Waals surface area contributed by atoms with Crippen molar-refractivity contribution >= 4 is 16.0 Å². The van der Waals surface area contributed by atoms with E-state index in [1.807, 2.05) is 20.8 Å². The van der Waals surface area contributed by atoms with Crippen LogP contribution in [0.25, 0.3) is 0 Å². The van der Waals surface area contributed by atoms with Crippen molar-refractivity contribution < 1.29 is 17.8 Å². The molecule has 0 fully saturated rings. The molecule has 7 heteroatoms. The third-order valence-corrected chi connectivity index (χ3v) is 4.11. The van der Waals surface area contributed by atoms with Crippen LogP contribution in [0.1, 0.15) is 38.3 Å². The molecule has 1 amide bonds. The van der Waals surface area contributed by atoms with E-state index in [0.717, 1.165) is 11.1 Å². The zero-order valence-corrected chi connectivity index (χ0v) is 15.0. The molecule has 1 rings (SSSR count). The minimum absolute atomic E-state index is 0. The Morgan fingerprint density at radius 2 is 1.96 bits per heavy atom. The van der Waals surface area contributed by atoms with Crippen LogP contribution in [-0.2, 0) is 26.7 Å². The summed E-state index contributed by atoms with van der Waals surface area (Å²) in [5.74, 6) is -0.244. The number of hydrogen-bond acceptors (Lipinski definition) is 4. The number of quaternary nitrogens is 1. The number of benzene rings is 1. The smallest absolute Gasteiger partial charge is 0.243 e. The van der Waals surface area contributed by atoms with E-state index in [1.165, 1.54) is 18.2 Å². The first kappa shape index (κ1) is 21.3. The number of carbonyl (C=O) groups excluding carboxylic acids is 1. The van der Waals surface area contributed by atoms with E-state index in [0.29, 0.717) is 19.4 Å². The first-order valence-corrected chi connectivity index (χ1v) is 8.46. The number of rotatable bonds is 6. The zero-order chi connectivity index (χ0) is 17.0. The maximum absolute atomic E-state index is 11.2. The lowest BCUT2D eigenvalue weighted by molar-refractivity contribution is -0.116. The fourth-order valence-electron chi connectivity index (χ4n) is 2.23. The van der Waals surface area contributed by atoms with Crippen LogP contribution in [-0.4, -0.2) is 25.4 Å². The normalized spacial score (nSPS) is 11.5. The molecule has 0 aliphatic heterocycles. The van der Waals surface area contributed by atoms with Crippen molar-refractivity contribution in [3.63, 3.8) is 0 Å². The highest BCUT2D eigenvalue weighted by Gasteiger charge is 2.19. The Morgan fingerprint density at radius 1 is 1.35 bits per heavy atom. The molecular formula is C16H26N2O4S. The molecule has 23 heavy (non-hydrogen) atoms. The molecule has 6 nitrogen and oxygen atoms in total. The van der Waals surface area contributed by atoms with Gasteiger partial charge < -0.3 is 16.0 Å². The van der Waals surface area contributed by atoms with E-state index < -0.39 is 10.1 Å². The monoisotopic (exact) mass is 342 g/mol. The highest BCUT2D eigenvalue weighted by molar-refractivity contribution is 7.85. The van der Waals surface area contributed by atoms with Crippen LogP contribution in [0.5, 0.6) is 0 Å². The summed E-state index contributed by atoms with van der Waals surface area (Å²) in [7, 11) is -4.47. The summed E-state index contributed by atoms with van der Waals surface area (Å²) in [6.07, 6.45) is 2.42. The van der Waals surface area contributed by atoms with Gasteiger partial charge in [0.15, 0.2) is 0 Å².